The highest BCUT2D eigenvalue weighted by Gasteiger charge is 2.15. The van der Waals surface area contributed by atoms with E-state index in [1.54, 1.807) is 6.07 Å². The standard InChI is InChI=1S/C12H18N2O4S/c1-9(5-3-7-11(15)16)14-12-10(19(2,17)18)6-4-8-13-12/h4,6,8-9H,3,5,7H2,1-2H3,(H,13,14)(H,15,16). The van der Waals surface area contributed by atoms with Crippen LogP contribution >= 0.6 is 0 Å². The largest absolute Gasteiger partial charge is 0.481 e. The van der Waals surface area contributed by atoms with Crippen molar-refractivity contribution >= 4 is 21.6 Å². The number of aliphatic carboxylic acids is 1. The summed E-state index contributed by atoms with van der Waals surface area (Å²) in [4.78, 5) is 14.6. The molecule has 0 amide bonds. The van der Waals surface area contributed by atoms with Crippen molar-refractivity contribution in [2.24, 2.45) is 0 Å². The van der Waals surface area contributed by atoms with Crippen LogP contribution in [0.5, 0.6) is 0 Å². The molecule has 0 saturated heterocycles. The fourth-order valence-corrected chi connectivity index (χ4v) is 2.45. The van der Waals surface area contributed by atoms with E-state index in [0.717, 1.165) is 6.26 Å². The fraction of sp³-hybridized carbons (Fsp3) is 0.500. The number of sulfone groups is 1. The van der Waals surface area contributed by atoms with Crippen molar-refractivity contribution in [3.63, 3.8) is 0 Å². The van der Waals surface area contributed by atoms with E-state index >= 15 is 0 Å². The van der Waals surface area contributed by atoms with Crippen molar-refractivity contribution in [1.29, 1.82) is 0 Å². The first kappa shape index (κ1) is 15.4. The van der Waals surface area contributed by atoms with Gasteiger partial charge < -0.3 is 10.4 Å². The third-order valence-electron chi connectivity index (χ3n) is 2.58. The van der Waals surface area contributed by atoms with Crippen molar-refractivity contribution in [1.82, 2.24) is 4.98 Å². The number of carboxylic acids is 1. The van der Waals surface area contributed by atoms with E-state index in [4.69, 9.17) is 5.11 Å². The average Bonchev–Trinajstić information content (AvgIpc) is 2.27. The zero-order valence-corrected chi connectivity index (χ0v) is 11.8. The van der Waals surface area contributed by atoms with Crippen molar-refractivity contribution in [3.05, 3.63) is 18.3 Å². The van der Waals surface area contributed by atoms with E-state index in [0.29, 0.717) is 18.7 Å². The van der Waals surface area contributed by atoms with Crippen molar-refractivity contribution in [3.8, 4) is 0 Å². The van der Waals surface area contributed by atoms with Gasteiger partial charge >= 0.3 is 5.97 Å². The number of nitrogens with zero attached hydrogens (tertiary/aromatic N) is 1. The molecule has 0 aliphatic rings. The summed E-state index contributed by atoms with van der Waals surface area (Å²) >= 11 is 0. The molecule has 7 heteroatoms. The summed E-state index contributed by atoms with van der Waals surface area (Å²) in [6.45, 7) is 1.86. The molecule has 1 atom stereocenters. The van der Waals surface area contributed by atoms with Crippen LogP contribution in [0.4, 0.5) is 5.82 Å². The Morgan fingerprint density at radius 2 is 2.21 bits per heavy atom. The lowest BCUT2D eigenvalue weighted by Crippen LogP contribution is -2.18. The monoisotopic (exact) mass is 286 g/mol. The van der Waals surface area contributed by atoms with Gasteiger partial charge in [-0.2, -0.15) is 0 Å². The number of aromatic nitrogens is 1. The predicted octanol–water partition coefficient (Wildman–Crippen LogP) is 1.54. The number of hydrogen-bond acceptors (Lipinski definition) is 5. The first-order valence-corrected chi connectivity index (χ1v) is 7.83. The number of pyridine rings is 1. The first-order valence-electron chi connectivity index (χ1n) is 5.94. The highest BCUT2D eigenvalue weighted by Crippen LogP contribution is 2.19. The van der Waals surface area contributed by atoms with Crippen molar-refractivity contribution < 1.29 is 18.3 Å². The third-order valence-corrected chi connectivity index (χ3v) is 3.71. The van der Waals surface area contributed by atoms with E-state index in [1.807, 2.05) is 6.92 Å². The average molecular weight is 286 g/mol. The minimum absolute atomic E-state index is 0.0465. The Balaban J connectivity index is 2.69. The molecule has 6 nitrogen and oxygen atoms in total. The van der Waals surface area contributed by atoms with E-state index in [2.05, 4.69) is 10.3 Å². The van der Waals surface area contributed by atoms with Crippen LogP contribution in [-0.2, 0) is 14.6 Å². The molecule has 1 unspecified atom stereocenters. The summed E-state index contributed by atoms with van der Waals surface area (Å²) < 4.78 is 23.2. The van der Waals surface area contributed by atoms with E-state index < -0.39 is 15.8 Å². The molecule has 1 rings (SSSR count). The van der Waals surface area contributed by atoms with Gasteiger partial charge in [0.2, 0.25) is 0 Å². The van der Waals surface area contributed by atoms with Gasteiger partial charge in [-0.25, -0.2) is 13.4 Å². The van der Waals surface area contributed by atoms with Crippen LogP contribution in [0.2, 0.25) is 0 Å². The van der Waals surface area contributed by atoms with E-state index in [1.165, 1.54) is 12.3 Å². The highest BCUT2D eigenvalue weighted by molar-refractivity contribution is 7.90. The molecule has 2 N–H and O–H groups in total. The Morgan fingerprint density at radius 3 is 2.79 bits per heavy atom. The Labute approximate surface area is 112 Å². The predicted molar refractivity (Wildman–Crippen MR) is 71.9 cm³/mol. The maximum absolute atomic E-state index is 11.6. The van der Waals surface area contributed by atoms with Crippen LogP contribution in [0.25, 0.3) is 0 Å². The van der Waals surface area contributed by atoms with Crippen LogP contribution in [0.1, 0.15) is 26.2 Å². The van der Waals surface area contributed by atoms with Crippen LogP contribution in [0, 0.1) is 0 Å². The zero-order valence-electron chi connectivity index (χ0n) is 11.0. The summed E-state index contributed by atoms with van der Waals surface area (Å²) in [5, 5.41) is 11.6. The Kier molecular flexibility index (Phi) is 5.29. The normalized spacial score (nSPS) is 12.9. The van der Waals surface area contributed by atoms with Gasteiger partial charge in [-0.1, -0.05) is 0 Å². The molecule has 0 aromatic carbocycles. The molecule has 0 fully saturated rings. The smallest absolute Gasteiger partial charge is 0.303 e. The van der Waals surface area contributed by atoms with Crippen LogP contribution in [0.3, 0.4) is 0 Å². The molecule has 1 aromatic heterocycles. The minimum atomic E-state index is -3.33. The van der Waals surface area contributed by atoms with Gasteiger partial charge in [0.15, 0.2) is 9.84 Å². The summed E-state index contributed by atoms with van der Waals surface area (Å²) in [7, 11) is -3.33. The molecule has 19 heavy (non-hydrogen) atoms. The number of nitrogens with one attached hydrogen (secondary N) is 1. The van der Waals surface area contributed by atoms with Gasteiger partial charge in [0.1, 0.15) is 10.7 Å². The quantitative estimate of drug-likeness (QED) is 0.789. The minimum Gasteiger partial charge on any atom is -0.481 e. The van der Waals surface area contributed by atoms with Gasteiger partial charge in [0.25, 0.3) is 0 Å². The second-order valence-electron chi connectivity index (χ2n) is 4.45. The maximum Gasteiger partial charge on any atom is 0.303 e. The molecule has 0 aliphatic carbocycles. The van der Waals surface area contributed by atoms with E-state index in [9.17, 15) is 13.2 Å². The SMILES string of the molecule is CC(CCCC(=O)O)Nc1ncccc1S(C)(=O)=O. The molecule has 0 spiro atoms. The molecule has 0 radical (unpaired) electrons. The van der Waals surface area contributed by atoms with Crippen LogP contribution in [0.15, 0.2) is 23.2 Å². The highest BCUT2D eigenvalue weighted by atomic mass is 32.2. The Morgan fingerprint density at radius 1 is 1.53 bits per heavy atom. The van der Waals surface area contributed by atoms with E-state index in [-0.39, 0.29) is 17.4 Å². The molecular formula is C12H18N2O4S. The van der Waals surface area contributed by atoms with Crippen molar-refractivity contribution in [2.75, 3.05) is 11.6 Å². The number of carbonyl (C=O) groups is 1. The molecule has 1 aromatic rings. The molecule has 0 bridgehead atoms. The molecule has 106 valence electrons. The summed E-state index contributed by atoms with van der Waals surface area (Å²) in [6, 6.07) is 3.01. The molecule has 1 heterocycles. The lowest BCUT2D eigenvalue weighted by atomic mass is 10.1. The fourth-order valence-electron chi connectivity index (χ4n) is 1.66. The molecular weight excluding hydrogens is 268 g/mol. The second-order valence-corrected chi connectivity index (χ2v) is 6.44. The van der Waals surface area contributed by atoms with Crippen LogP contribution < -0.4 is 5.32 Å². The second kappa shape index (κ2) is 6.51. The number of hydrogen-bond donors (Lipinski definition) is 2. The third kappa shape index (κ3) is 5.25. The topological polar surface area (TPSA) is 96.4 Å². The maximum atomic E-state index is 11.6. The Hall–Kier alpha value is -1.63. The summed E-state index contributed by atoms with van der Waals surface area (Å²) in [6.07, 6.45) is 3.91. The first-order chi connectivity index (χ1) is 8.80. The number of anilines is 1. The lowest BCUT2D eigenvalue weighted by molar-refractivity contribution is -0.137. The number of rotatable bonds is 7. The van der Waals surface area contributed by atoms with Gasteiger partial charge in [-0.3, -0.25) is 4.79 Å². The van der Waals surface area contributed by atoms with Gasteiger partial charge in [0, 0.05) is 24.9 Å². The van der Waals surface area contributed by atoms with Gasteiger partial charge in [-0.15, -0.1) is 0 Å². The van der Waals surface area contributed by atoms with Gasteiger partial charge in [0.05, 0.1) is 0 Å². The van der Waals surface area contributed by atoms with Crippen molar-refractivity contribution in [2.45, 2.75) is 37.1 Å². The summed E-state index contributed by atoms with van der Waals surface area (Å²) in [5.41, 5.74) is 0. The van der Waals surface area contributed by atoms with Gasteiger partial charge in [-0.05, 0) is 31.9 Å². The Bertz CT molecular complexity index is 542. The summed E-state index contributed by atoms with van der Waals surface area (Å²) in [5.74, 6) is -0.519. The number of carboxylic acid groups (broad SMARTS) is 1. The lowest BCUT2D eigenvalue weighted by Gasteiger charge is -2.15. The molecule has 0 saturated carbocycles. The molecule has 0 aliphatic heterocycles. The van der Waals surface area contributed by atoms with Crippen LogP contribution in [-0.4, -0.2) is 36.8 Å². The zero-order chi connectivity index (χ0) is 14.5.